The normalized spacial score (nSPS) is 36.9. The fraction of sp³-hybridized carbons (Fsp3) is 0.875. The lowest BCUT2D eigenvalue weighted by atomic mass is 9.82. The summed E-state index contributed by atoms with van der Waals surface area (Å²) >= 11 is 0. The van der Waals surface area contributed by atoms with Gasteiger partial charge in [0.1, 0.15) is 0 Å². The summed E-state index contributed by atoms with van der Waals surface area (Å²) in [7, 11) is 0. The van der Waals surface area contributed by atoms with Crippen LogP contribution in [0.3, 0.4) is 0 Å². The van der Waals surface area contributed by atoms with Gasteiger partial charge < -0.3 is 5.41 Å². The lowest BCUT2D eigenvalue weighted by molar-refractivity contribution is 0.484. The van der Waals surface area contributed by atoms with Crippen LogP contribution in [0, 0.1) is 17.2 Å². The van der Waals surface area contributed by atoms with Crippen LogP contribution in [-0.2, 0) is 0 Å². The van der Waals surface area contributed by atoms with E-state index in [0.29, 0.717) is 11.8 Å². The Morgan fingerprint density at radius 2 is 1.67 bits per heavy atom. The predicted octanol–water partition coefficient (Wildman–Crippen LogP) is 2.46. The maximum atomic E-state index is 7.60. The molecule has 0 aromatic carbocycles. The zero-order chi connectivity index (χ0) is 6.85. The average molecular weight is 125 g/mol. The molecule has 0 aliphatic heterocycles. The molecule has 52 valence electrons. The second-order valence-electron chi connectivity index (χ2n) is 3.19. The Kier molecular flexibility index (Phi) is 1.89. The van der Waals surface area contributed by atoms with E-state index >= 15 is 0 Å². The molecule has 0 aromatic rings. The lowest BCUT2D eigenvalue weighted by Crippen LogP contribution is -2.23. The van der Waals surface area contributed by atoms with Crippen LogP contribution in [0.4, 0.5) is 0 Å². The first-order chi connectivity index (χ1) is 4.22. The number of rotatable bonds is 0. The standard InChI is InChI=1S/C8H15N/c1-6-4-3-5-7(2)8(6)9/h6-7,9H,3-5H2,1-2H3. The van der Waals surface area contributed by atoms with Crippen molar-refractivity contribution in [2.24, 2.45) is 11.8 Å². The van der Waals surface area contributed by atoms with Gasteiger partial charge in [0.05, 0.1) is 0 Å². The Bertz CT molecular complexity index is 106. The van der Waals surface area contributed by atoms with Gasteiger partial charge in [0.25, 0.3) is 0 Å². The van der Waals surface area contributed by atoms with E-state index in [-0.39, 0.29) is 0 Å². The Morgan fingerprint density at radius 1 is 1.22 bits per heavy atom. The van der Waals surface area contributed by atoms with Crippen molar-refractivity contribution in [1.29, 1.82) is 5.41 Å². The first kappa shape index (κ1) is 6.79. The second kappa shape index (κ2) is 2.51. The molecule has 0 saturated heterocycles. The Morgan fingerprint density at radius 3 is 2.00 bits per heavy atom. The monoisotopic (exact) mass is 125 g/mol. The number of hydrogen-bond acceptors (Lipinski definition) is 1. The molecule has 0 heterocycles. The van der Waals surface area contributed by atoms with Crippen molar-refractivity contribution in [3.05, 3.63) is 0 Å². The largest absolute Gasteiger partial charge is 0.309 e. The minimum Gasteiger partial charge on any atom is -0.309 e. The van der Waals surface area contributed by atoms with E-state index in [1.54, 1.807) is 0 Å². The van der Waals surface area contributed by atoms with Crippen molar-refractivity contribution in [1.82, 2.24) is 0 Å². The molecule has 0 amide bonds. The molecular weight excluding hydrogens is 110 g/mol. The first-order valence-electron chi connectivity index (χ1n) is 3.80. The van der Waals surface area contributed by atoms with Crippen LogP contribution in [0.25, 0.3) is 0 Å². The van der Waals surface area contributed by atoms with Crippen molar-refractivity contribution in [3.8, 4) is 0 Å². The zero-order valence-electron chi connectivity index (χ0n) is 6.28. The zero-order valence-corrected chi connectivity index (χ0v) is 6.28. The van der Waals surface area contributed by atoms with Crippen molar-refractivity contribution in [2.75, 3.05) is 0 Å². The number of nitrogens with one attached hydrogen (secondary N) is 1. The van der Waals surface area contributed by atoms with Gasteiger partial charge in [-0.05, 0) is 24.7 Å². The molecule has 1 aliphatic carbocycles. The quantitative estimate of drug-likeness (QED) is 0.514. The molecule has 1 fully saturated rings. The smallest absolute Gasteiger partial charge is 0.0145 e. The van der Waals surface area contributed by atoms with Crippen LogP contribution in [0.5, 0.6) is 0 Å². The topological polar surface area (TPSA) is 23.9 Å². The molecule has 1 nitrogen and oxygen atoms in total. The highest BCUT2D eigenvalue weighted by Gasteiger charge is 2.20. The second-order valence-corrected chi connectivity index (χ2v) is 3.19. The van der Waals surface area contributed by atoms with Gasteiger partial charge in [-0.1, -0.05) is 20.3 Å². The van der Waals surface area contributed by atoms with Crippen LogP contribution >= 0.6 is 0 Å². The molecule has 1 rings (SSSR count). The minimum absolute atomic E-state index is 0.564. The summed E-state index contributed by atoms with van der Waals surface area (Å²) in [5.74, 6) is 1.13. The molecule has 0 aromatic heterocycles. The SMILES string of the molecule is CC1CCCC(C)C1=N. The summed E-state index contributed by atoms with van der Waals surface area (Å²) in [5.41, 5.74) is 0.973. The van der Waals surface area contributed by atoms with Crippen molar-refractivity contribution >= 4 is 5.71 Å². The van der Waals surface area contributed by atoms with Crippen LogP contribution in [0.1, 0.15) is 33.1 Å². The molecule has 1 heteroatoms. The predicted molar refractivity (Wildman–Crippen MR) is 39.9 cm³/mol. The highest BCUT2D eigenvalue weighted by Crippen LogP contribution is 2.24. The Labute approximate surface area is 57.0 Å². The van der Waals surface area contributed by atoms with Crippen LogP contribution in [0.2, 0.25) is 0 Å². The van der Waals surface area contributed by atoms with Crippen molar-refractivity contribution in [3.63, 3.8) is 0 Å². The molecule has 2 unspecified atom stereocenters. The third-order valence-electron chi connectivity index (χ3n) is 2.34. The highest BCUT2D eigenvalue weighted by atomic mass is 14.5. The summed E-state index contributed by atoms with van der Waals surface area (Å²) in [6.07, 6.45) is 3.80. The summed E-state index contributed by atoms with van der Waals surface area (Å²) in [6, 6.07) is 0. The molecule has 0 radical (unpaired) electrons. The van der Waals surface area contributed by atoms with Crippen LogP contribution < -0.4 is 0 Å². The minimum atomic E-state index is 0.564. The maximum Gasteiger partial charge on any atom is 0.0145 e. The van der Waals surface area contributed by atoms with Gasteiger partial charge in [0.2, 0.25) is 0 Å². The van der Waals surface area contributed by atoms with Gasteiger partial charge in [-0.15, -0.1) is 0 Å². The van der Waals surface area contributed by atoms with E-state index in [0.717, 1.165) is 5.71 Å². The summed E-state index contributed by atoms with van der Waals surface area (Å²) in [5, 5.41) is 7.60. The maximum absolute atomic E-state index is 7.60. The van der Waals surface area contributed by atoms with E-state index in [2.05, 4.69) is 13.8 Å². The first-order valence-corrected chi connectivity index (χ1v) is 3.80. The fourth-order valence-corrected chi connectivity index (χ4v) is 1.53. The van der Waals surface area contributed by atoms with E-state index < -0.39 is 0 Å². The van der Waals surface area contributed by atoms with E-state index in [1.807, 2.05) is 0 Å². The molecule has 1 saturated carbocycles. The summed E-state index contributed by atoms with van der Waals surface area (Å²) in [4.78, 5) is 0. The Balaban J connectivity index is 2.52. The van der Waals surface area contributed by atoms with E-state index in [9.17, 15) is 0 Å². The van der Waals surface area contributed by atoms with Gasteiger partial charge >= 0.3 is 0 Å². The molecular formula is C8H15N. The van der Waals surface area contributed by atoms with Crippen molar-refractivity contribution < 1.29 is 0 Å². The summed E-state index contributed by atoms with van der Waals surface area (Å²) < 4.78 is 0. The molecule has 2 atom stereocenters. The van der Waals surface area contributed by atoms with Gasteiger partial charge in [-0.2, -0.15) is 0 Å². The van der Waals surface area contributed by atoms with E-state index in [4.69, 9.17) is 5.41 Å². The average Bonchev–Trinajstić information content (AvgIpc) is 1.83. The van der Waals surface area contributed by atoms with Crippen LogP contribution in [0.15, 0.2) is 0 Å². The third-order valence-corrected chi connectivity index (χ3v) is 2.34. The Hall–Kier alpha value is -0.330. The van der Waals surface area contributed by atoms with Gasteiger partial charge in [0.15, 0.2) is 0 Å². The van der Waals surface area contributed by atoms with Crippen LogP contribution in [-0.4, -0.2) is 5.71 Å². The van der Waals surface area contributed by atoms with Gasteiger partial charge in [-0.3, -0.25) is 0 Å². The van der Waals surface area contributed by atoms with Crippen molar-refractivity contribution in [2.45, 2.75) is 33.1 Å². The van der Waals surface area contributed by atoms with Gasteiger partial charge in [-0.25, -0.2) is 0 Å². The molecule has 1 aliphatic rings. The fourth-order valence-electron chi connectivity index (χ4n) is 1.53. The molecule has 1 N–H and O–H groups in total. The lowest BCUT2D eigenvalue weighted by Gasteiger charge is -2.24. The number of hydrogen-bond donors (Lipinski definition) is 1. The molecule has 0 bridgehead atoms. The molecule has 9 heavy (non-hydrogen) atoms. The van der Waals surface area contributed by atoms with E-state index in [1.165, 1.54) is 19.3 Å². The summed E-state index contributed by atoms with van der Waals surface area (Å²) in [6.45, 7) is 4.33. The third kappa shape index (κ3) is 1.32. The van der Waals surface area contributed by atoms with Gasteiger partial charge in [0, 0.05) is 5.71 Å². The highest BCUT2D eigenvalue weighted by molar-refractivity contribution is 5.86. The molecule has 0 spiro atoms.